The molecule has 0 aromatic rings. The number of hydrogen-bond acceptors (Lipinski definition) is 2. The van der Waals surface area contributed by atoms with Crippen molar-refractivity contribution in [3.8, 4) is 0 Å². The molecular weight excluding hydrogens is 359 g/mol. The van der Waals surface area contributed by atoms with E-state index in [4.69, 9.17) is 27.9 Å². The van der Waals surface area contributed by atoms with E-state index < -0.39 is 0 Å². The largest absolute Gasteiger partial charge is 0.462 e. The fourth-order valence-electron chi connectivity index (χ4n) is 2.63. The van der Waals surface area contributed by atoms with Crippen molar-refractivity contribution in [3.63, 3.8) is 0 Å². The Labute approximate surface area is 161 Å². The summed E-state index contributed by atoms with van der Waals surface area (Å²) in [6.07, 6.45) is 15.5. The zero-order valence-corrected chi connectivity index (χ0v) is 18.4. The first kappa shape index (κ1) is 24.0. The summed E-state index contributed by atoms with van der Waals surface area (Å²) < 4.78 is 5.03. The molecule has 0 N–H and O–H groups in total. The van der Waals surface area contributed by atoms with Gasteiger partial charge in [0.1, 0.15) is 0 Å². The second-order valence-corrected chi connectivity index (χ2v) is 11.1. The second-order valence-electron chi connectivity index (χ2n) is 6.69. The summed E-state index contributed by atoms with van der Waals surface area (Å²) >= 11 is 11.5. The van der Waals surface area contributed by atoms with Gasteiger partial charge >= 0.3 is 5.97 Å². The quantitative estimate of drug-likeness (QED) is 0.0973. The summed E-state index contributed by atoms with van der Waals surface area (Å²) in [5, 5.41) is 0. The van der Waals surface area contributed by atoms with E-state index in [9.17, 15) is 4.79 Å². The molecule has 0 unspecified atom stereocenters. The molecule has 0 aliphatic rings. The van der Waals surface area contributed by atoms with E-state index in [1.54, 1.807) is 6.92 Å². The number of carbonyl (C=O) groups is 1. The average Bonchev–Trinajstić information content (AvgIpc) is 2.53. The fourth-order valence-corrected chi connectivity index (χ4v) is 4.51. The molecule has 0 aliphatic carbocycles. The molecule has 0 saturated heterocycles. The van der Waals surface area contributed by atoms with Gasteiger partial charge in [-0.2, -0.15) is 0 Å². The summed E-state index contributed by atoms with van der Waals surface area (Å²) in [7, 11) is -0.221. The zero-order chi connectivity index (χ0) is 18.0. The van der Waals surface area contributed by atoms with Crippen LogP contribution in [0, 0.1) is 0 Å². The molecule has 24 heavy (non-hydrogen) atoms. The molecule has 0 aliphatic heterocycles. The van der Waals surface area contributed by atoms with Crippen molar-refractivity contribution in [2.24, 2.45) is 0 Å². The molecule has 5 heteroatoms. The number of ether oxygens (including phenoxy) is 1. The number of unbranched alkanes of at least 4 members (excludes halogenated alkanes) is 11. The maximum atomic E-state index is 11.2. The fraction of sp³-hybridized carbons (Fsp3) is 0.842. The Hall–Kier alpha value is 0.00688. The molecule has 0 radical (unpaired) electrons. The molecule has 2 nitrogen and oxygen atoms in total. The summed E-state index contributed by atoms with van der Waals surface area (Å²) in [5.41, 5.74) is 0.482. The smallest absolute Gasteiger partial charge is 0.333 e. The van der Waals surface area contributed by atoms with E-state index in [2.05, 4.69) is 6.58 Å². The lowest BCUT2D eigenvalue weighted by Gasteiger charge is -2.05. The Morgan fingerprint density at radius 1 is 0.875 bits per heavy atom. The van der Waals surface area contributed by atoms with E-state index in [0.29, 0.717) is 12.2 Å². The maximum absolute atomic E-state index is 11.2. The molecule has 0 amide bonds. The van der Waals surface area contributed by atoms with Crippen molar-refractivity contribution in [1.29, 1.82) is 0 Å². The van der Waals surface area contributed by atoms with Crippen molar-refractivity contribution in [2.45, 2.75) is 94.5 Å². The first-order chi connectivity index (χ1) is 11.5. The molecule has 0 heterocycles. The molecule has 0 bridgehead atoms. The van der Waals surface area contributed by atoms with Gasteiger partial charge in [0, 0.05) is 5.57 Å². The van der Waals surface area contributed by atoms with Gasteiger partial charge in [-0.05, 0) is 13.3 Å². The van der Waals surface area contributed by atoms with Gasteiger partial charge in [-0.15, -0.1) is 23.2 Å². The molecule has 142 valence electrons. The van der Waals surface area contributed by atoms with E-state index in [-0.39, 0.29) is 19.9 Å². The third kappa shape index (κ3) is 18.3. The van der Waals surface area contributed by atoms with Crippen molar-refractivity contribution in [1.82, 2.24) is 0 Å². The lowest BCUT2D eigenvalue weighted by atomic mass is 10.1. The second kappa shape index (κ2) is 17.8. The molecule has 0 atom stereocenters. The van der Waals surface area contributed by atoms with Crippen LogP contribution in [0.3, 0.4) is 0 Å². The maximum Gasteiger partial charge on any atom is 0.333 e. The van der Waals surface area contributed by atoms with Gasteiger partial charge in [0.2, 0.25) is 0 Å². The van der Waals surface area contributed by atoms with Crippen LogP contribution in [-0.4, -0.2) is 26.6 Å². The van der Waals surface area contributed by atoms with Crippen LogP contribution in [0.2, 0.25) is 6.04 Å². The Balaban J connectivity index is 3.08. The highest BCUT2D eigenvalue weighted by Gasteiger charge is 2.02. The van der Waals surface area contributed by atoms with Crippen LogP contribution in [0.15, 0.2) is 12.2 Å². The average molecular weight is 395 g/mol. The van der Waals surface area contributed by atoms with E-state index >= 15 is 0 Å². The van der Waals surface area contributed by atoms with Gasteiger partial charge in [-0.25, -0.2) is 4.79 Å². The number of halogens is 2. The van der Waals surface area contributed by atoms with Crippen LogP contribution in [-0.2, 0) is 9.53 Å². The van der Waals surface area contributed by atoms with Crippen molar-refractivity contribution < 1.29 is 9.53 Å². The van der Waals surface area contributed by atoms with Crippen LogP contribution >= 0.6 is 23.2 Å². The zero-order valence-electron chi connectivity index (χ0n) is 15.5. The summed E-state index contributed by atoms with van der Waals surface area (Å²) in [5.74, 6) is -0.264. The first-order valence-corrected chi connectivity index (χ1v) is 12.3. The van der Waals surface area contributed by atoms with Crippen molar-refractivity contribution in [3.05, 3.63) is 12.2 Å². The number of carbonyl (C=O) groups excluding carboxylic acids is 1. The normalized spacial score (nSPS) is 11.5. The summed E-state index contributed by atoms with van der Waals surface area (Å²) in [6, 6.07) is 1.30. The molecule has 0 aromatic heterocycles. The van der Waals surface area contributed by atoms with Gasteiger partial charge in [0.15, 0.2) is 0 Å². The molecule has 0 fully saturated rings. The molecule has 0 spiro atoms. The number of rotatable bonds is 17. The first-order valence-electron chi connectivity index (χ1n) is 9.65. The highest BCUT2D eigenvalue weighted by atomic mass is 35.5. The Morgan fingerprint density at radius 3 is 1.71 bits per heavy atom. The predicted octanol–water partition coefficient (Wildman–Crippen LogP) is 6.14. The van der Waals surface area contributed by atoms with Crippen LogP contribution in [0.1, 0.15) is 84.0 Å². The minimum absolute atomic E-state index is 0.0450. The molecule has 0 saturated carbocycles. The highest BCUT2D eigenvalue weighted by molar-refractivity contribution is 6.68. The molecular formula is C19H36Cl2O2Si. The standard InChI is InChI=1S/C19H36Cl2O2Si/c1-17(2)18(22)23-15-13-11-9-7-5-3-4-6-8-10-12-14-16-24-19(20)21/h19H,1,3-16,24H2,2H3. The number of esters is 1. The number of hydrogen-bond donors (Lipinski definition) is 0. The van der Waals surface area contributed by atoms with Gasteiger partial charge in [0.25, 0.3) is 0 Å². The van der Waals surface area contributed by atoms with E-state index in [1.807, 2.05) is 0 Å². The minimum atomic E-state index is -0.264. The van der Waals surface area contributed by atoms with E-state index in [1.165, 1.54) is 70.3 Å². The van der Waals surface area contributed by atoms with Crippen LogP contribution in [0.4, 0.5) is 0 Å². The van der Waals surface area contributed by atoms with Gasteiger partial charge in [-0.3, -0.25) is 0 Å². The van der Waals surface area contributed by atoms with Crippen molar-refractivity contribution in [2.75, 3.05) is 6.61 Å². The Kier molecular flexibility index (Phi) is 17.8. The third-order valence-electron chi connectivity index (χ3n) is 4.15. The molecule has 0 rings (SSSR count). The third-order valence-corrected chi connectivity index (χ3v) is 6.80. The van der Waals surface area contributed by atoms with Crippen LogP contribution in [0.25, 0.3) is 0 Å². The molecule has 0 aromatic carbocycles. The predicted molar refractivity (Wildman–Crippen MR) is 110 cm³/mol. The monoisotopic (exact) mass is 394 g/mol. The lowest BCUT2D eigenvalue weighted by molar-refractivity contribution is -0.139. The SMILES string of the molecule is C=C(C)C(=O)OCCCCCCCCCCCCCC[SiH2]C(Cl)Cl. The summed E-state index contributed by atoms with van der Waals surface area (Å²) in [4.78, 5) is 11.2. The number of alkyl halides is 2. The Morgan fingerprint density at radius 2 is 1.29 bits per heavy atom. The van der Waals surface area contributed by atoms with E-state index in [0.717, 1.165) is 12.8 Å². The van der Waals surface area contributed by atoms with Gasteiger partial charge in [-0.1, -0.05) is 83.3 Å². The summed E-state index contributed by atoms with van der Waals surface area (Å²) in [6.45, 7) is 5.78. The van der Waals surface area contributed by atoms with Crippen LogP contribution in [0.5, 0.6) is 0 Å². The lowest BCUT2D eigenvalue weighted by Crippen LogP contribution is -2.05. The van der Waals surface area contributed by atoms with Crippen LogP contribution < -0.4 is 0 Å². The Bertz CT molecular complexity index is 322. The minimum Gasteiger partial charge on any atom is -0.462 e. The topological polar surface area (TPSA) is 26.3 Å². The van der Waals surface area contributed by atoms with Crippen molar-refractivity contribution >= 4 is 38.7 Å². The van der Waals surface area contributed by atoms with Gasteiger partial charge < -0.3 is 4.74 Å². The highest BCUT2D eigenvalue weighted by Crippen LogP contribution is 2.13. The van der Waals surface area contributed by atoms with Gasteiger partial charge in [0.05, 0.1) is 20.6 Å².